The zero-order chi connectivity index (χ0) is 15.4. The van der Waals surface area contributed by atoms with Crippen LogP contribution in [0.3, 0.4) is 0 Å². The number of benzene rings is 1. The molecule has 1 aromatic rings. The number of hydrogen-bond acceptors (Lipinski definition) is 4. The summed E-state index contributed by atoms with van der Waals surface area (Å²) in [6.45, 7) is 3.44. The third-order valence-electron chi connectivity index (χ3n) is 3.63. The Morgan fingerprint density at radius 1 is 1.33 bits per heavy atom. The average Bonchev–Trinajstić information content (AvgIpc) is 2.49. The number of carbonyl (C=O) groups excluding carboxylic acids is 1. The molecule has 6 heteroatoms. The Morgan fingerprint density at radius 3 is 2.67 bits per heavy atom. The Hall–Kier alpha value is -1.46. The number of methoxy groups -OCH3 is 2. The lowest BCUT2D eigenvalue weighted by Gasteiger charge is -2.33. The predicted molar refractivity (Wildman–Crippen MR) is 83.6 cm³/mol. The summed E-state index contributed by atoms with van der Waals surface area (Å²) in [5.41, 5.74) is 0.700. The Kier molecular flexibility index (Phi) is 5.31. The molecule has 1 atom stereocenters. The quantitative estimate of drug-likeness (QED) is 0.907. The highest BCUT2D eigenvalue weighted by Crippen LogP contribution is 2.39. The summed E-state index contributed by atoms with van der Waals surface area (Å²) in [5, 5.41) is 3.69. The minimum atomic E-state index is -0.143. The van der Waals surface area contributed by atoms with Crippen LogP contribution in [0.25, 0.3) is 0 Å². The van der Waals surface area contributed by atoms with Crippen molar-refractivity contribution in [1.29, 1.82) is 0 Å². The number of amides is 1. The van der Waals surface area contributed by atoms with E-state index < -0.39 is 0 Å². The van der Waals surface area contributed by atoms with Crippen LogP contribution < -0.4 is 19.7 Å². The van der Waals surface area contributed by atoms with Gasteiger partial charge < -0.3 is 19.7 Å². The molecule has 116 valence electrons. The maximum Gasteiger partial charge on any atom is 0.244 e. The summed E-state index contributed by atoms with van der Waals surface area (Å²) < 4.78 is 10.6. The normalized spacial score (nSPS) is 18.8. The molecule has 1 aromatic carbocycles. The molecule has 1 saturated heterocycles. The lowest BCUT2D eigenvalue weighted by molar-refractivity contribution is -0.121. The van der Waals surface area contributed by atoms with Crippen molar-refractivity contribution in [3.05, 3.63) is 17.2 Å². The molecule has 1 N–H and O–H groups in total. The van der Waals surface area contributed by atoms with E-state index in [9.17, 15) is 4.79 Å². The first-order chi connectivity index (χ1) is 10.1. The van der Waals surface area contributed by atoms with Crippen LogP contribution in [0.2, 0.25) is 5.02 Å². The van der Waals surface area contributed by atoms with E-state index in [1.165, 1.54) is 0 Å². The number of rotatable bonds is 5. The summed E-state index contributed by atoms with van der Waals surface area (Å²) in [4.78, 5) is 14.3. The Morgan fingerprint density at radius 2 is 2.05 bits per heavy atom. The minimum Gasteiger partial charge on any atom is -0.495 e. The van der Waals surface area contributed by atoms with Gasteiger partial charge in [-0.3, -0.25) is 4.79 Å². The van der Waals surface area contributed by atoms with Crippen LogP contribution in [-0.4, -0.2) is 39.3 Å². The molecule has 1 aliphatic heterocycles. The number of hydrogen-bond donors (Lipinski definition) is 1. The van der Waals surface area contributed by atoms with Crippen LogP contribution in [-0.2, 0) is 4.79 Å². The van der Waals surface area contributed by atoms with E-state index in [4.69, 9.17) is 21.1 Å². The highest BCUT2D eigenvalue weighted by atomic mass is 35.5. The molecule has 0 bridgehead atoms. The first-order valence-corrected chi connectivity index (χ1v) is 7.46. The number of anilines is 1. The molecule has 0 aliphatic carbocycles. The van der Waals surface area contributed by atoms with Crippen LogP contribution in [0.5, 0.6) is 11.5 Å². The van der Waals surface area contributed by atoms with Crippen LogP contribution >= 0.6 is 11.6 Å². The van der Waals surface area contributed by atoms with Gasteiger partial charge >= 0.3 is 0 Å². The topological polar surface area (TPSA) is 50.8 Å². The summed E-state index contributed by atoms with van der Waals surface area (Å²) in [6, 6.07) is 3.29. The van der Waals surface area contributed by atoms with Crippen LogP contribution in [0.4, 0.5) is 5.69 Å². The molecular formula is C15H21ClN2O3. The van der Waals surface area contributed by atoms with E-state index >= 15 is 0 Å². The second-order valence-corrected chi connectivity index (χ2v) is 5.31. The lowest BCUT2D eigenvalue weighted by Crippen LogP contribution is -2.50. The van der Waals surface area contributed by atoms with Crippen LogP contribution in [0, 0.1) is 0 Å². The largest absolute Gasteiger partial charge is 0.495 e. The van der Waals surface area contributed by atoms with Crippen molar-refractivity contribution < 1.29 is 14.3 Å². The first-order valence-electron chi connectivity index (χ1n) is 7.08. The number of likely N-dealkylation sites (N-methyl/N-ethyl adjacent to an activating group) is 1. The predicted octanol–water partition coefficient (Wildman–Crippen LogP) is 2.46. The van der Waals surface area contributed by atoms with Crippen LogP contribution in [0.1, 0.15) is 19.8 Å². The van der Waals surface area contributed by atoms with Gasteiger partial charge in [0.15, 0.2) is 0 Å². The van der Waals surface area contributed by atoms with Crippen molar-refractivity contribution in [1.82, 2.24) is 5.32 Å². The molecule has 21 heavy (non-hydrogen) atoms. The number of carbonyl (C=O) groups is 1. The highest BCUT2D eigenvalue weighted by Gasteiger charge is 2.31. The van der Waals surface area contributed by atoms with Crippen molar-refractivity contribution in [3.8, 4) is 11.5 Å². The van der Waals surface area contributed by atoms with Crippen molar-refractivity contribution in [2.24, 2.45) is 0 Å². The fourth-order valence-corrected chi connectivity index (χ4v) is 2.84. The molecule has 1 amide bonds. The maximum atomic E-state index is 12.6. The third-order valence-corrected chi connectivity index (χ3v) is 3.93. The van der Waals surface area contributed by atoms with Gasteiger partial charge in [0, 0.05) is 18.7 Å². The summed E-state index contributed by atoms with van der Waals surface area (Å²) in [5.74, 6) is 1.17. The van der Waals surface area contributed by atoms with Gasteiger partial charge in [0.25, 0.3) is 0 Å². The van der Waals surface area contributed by atoms with Gasteiger partial charge in [-0.1, -0.05) is 18.5 Å². The molecule has 1 unspecified atom stereocenters. The monoisotopic (exact) mass is 312 g/mol. The van der Waals surface area contributed by atoms with Crippen molar-refractivity contribution in [2.45, 2.75) is 25.8 Å². The van der Waals surface area contributed by atoms with Gasteiger partial charge in [0.05, 0.1) is 31.0 Å². The van der Waals surface area contributed by atoms with Crippen molar-refractivity contribution >= 4 is 23.2 Å². The smallest absolute Gasteiger partial charge is 0.244 e. The number of halogens is 1. The van der Waals surface area contributed by atoms with Gasteiger partial charge in [-0.05, 0) is 19.4 Å². The zero-order valence-corrected chi connectivity index (χ0v) is 13.4. The Labute approximate surface area is 130 Å². The second-order valence-electron chi connectivity index (χ2n) is 4.90. The average molecular weight is 313 g/mol. The molecule has 1 heterocycles. The van der Waals surface area contributed by atoms with Gasteiger partial charge in [-0.2, -0.15) is 0 Å². The number of nitrogens with one attached hydrogen (secondary N) is 1. The third kappa shape index (κ3) is 3.24. The van der Waals surface area contributed by atoms with E-state index in [2.05, 4.69) is 5.32 Å². The molecular weight excluding hydrogens is 292 g/mol. The minimum absolute atomic E-state index is 0.0609. The van der Waals surface area contributed by atoms with E-state index in [0.717, 1.165) is 19.4 Å². The van der Waals surface area contributed by atoms with E-state index in [1.807, 2.05) is 6.92 Å². The molecule has 0 aromatic heterocycles. The molecule has 5 nitrogen and oxygen atoms in total. The van der Waals surface area contributed by atoms with Gasteiger partial charge in [0.2, 0.25) is 5.91 Å². The molecule has 1 fully saturated rings. The molecule has 2 rings (SSSR count). The van der Waals surface area contributed by atoms with Crippen LogP contribution in [0.15, 0.2) is 12.1 Å². The Balaban J connectivity index is 2.37. The number of nitrogens with zero attached hydrogens (tertiary/aromatic N) is 1. The maximum absolute atomic E-state index is 12.6. The second kappa shape index (κ2) is 7.00. The number of ether oxygens (including phenoxy) is 2. The summed E-state index contributed by atoms with van der Waals surface area (Å²) in [7, 11) is 3.12. The van der Waals surface area contributed by atoms with Gasteiger partial charge in [-0.15, -0.1) is 0 Å². The molecule has 0 radical (unpaired) electrons. The SMILES string of the molecule is CCNC1CCCN(c2cc(OC)c(Cl)cc2OC)C1=O. The summed E-state index contributed by atoms with van der Waals surface area (Å²) in [6.07, 6.45) is 1.80. The molecule has 1 aliphatic rings. The van der Waals surface area contributed by atoms with Gasteiger partial charge in [-0.25, -0.2) is 0 Å². The van der Waals surface area contributed by atoms with Crippen molar-refractivity contribution in [2.75, 3.05) is 32.2 Å². The zero-order valence-electron chi connectivity index (χ0n) is 12.6. The van der Waals surface area contributed by atoms with E-state index in [-0.39, 0.29) is 11.9 Å². The number of piperidine rings is 1. The summed E-state index contributed by atoms with van der Waals surface area (Å²) >= 11 is 6.11. The highest BCUT2D eigenvalue weighted by molar-refractivity contribution is 6.32. The molecule has 0 saturated carbocycles. The standard InChI is InChI=1S/C15H21ClN2O3/c1-4-17-11-6-5-7-18(15(11)19)12-9-13(20-2)10(16)8-14(12)21-3/h8-9,11,17H,4-7H2,1-3H3. The van der Waals surface area contributed by atoms with Gasteiger partial charge in [0.1, 0.15) is 11.5 Å². The molecule has 0 spiro atoms. The fraction of sp³-hybridized carbons (Fsp3) is 0.533. The van der Waals surface area contributed by atoms with Crippen molar-refractivity contribution in [3.63, 3.8) is 0 Å². The van der Waals surface area contributed by atoms with E-state index in [0.29, 0.717) is 28.8 Å². The van der Waals surface area contributed by atoms with E-state index in [1.54, 1.807) is 31.3 Å². The Bertz CT molecular complexity index is 520. The fourth-order valence-electron chi connectivity index (χ4n) is 2.61. The first kappa shape index (κ1) is 15.9. The lowest BCUT2D eigenvalue weighted by atomic mass is 10.0.